The summed E-state index contributed by atoms with van der Waals surface area (Å²) in [6.07, 6.45) is 6.52. The molecule has 2 fully saturated rings. The molecule has 0 aromatic heterocycles. The van der Waals surface area contributed by atoms with Crippen molar-refractivity contribution in [2.45, 2.75) is 36.4 Å². The molecule has 124 valence electrons. The predicted octanol–water partition coefficient (Wildman–Crippen LogP) is 3.09. The maximum Gasteiger partial charge on any atom is 0.0530 e. The molecular formula is C18H30BrN3. The maximum atomic E-state index is 5.42. The summed E-state index contributed by atoms with van der Waals surface area (Å²) in [4.78, 5) is 2.45. The van der Waals surface area contributed by atoms with Gasteiger partial charge in [-0.2, -0.15) is 0 Å². The average Bonchev–Trinajstić information content (AvgIpc) is 2.58. The van der Waals surface area contributed by atoms with Crippen molar-refractivity contribution in [2.75, 3.05) is 39.3 Å². The highest BCUT2D eigenvalue weighted by atomic mass is 79.9. The van der Waals surface area contributed by atoms with E-state index in [1.165, 1.54) is 50.8 Å². The number of hydrogen-bond acceptors (Lipinski definition) is 3. The van der Waals surface area contributed by atoms with Gasteiger partial charge in [0.1, 0.15) is 0 Å². The SMILES string of the molecule is BrC1(c2ccccc2)CCNCC1.NCCN1CCCCC1. The first kappa shape index (κ1) is 17.9. The Morgan fingerprint density at radius 1 is 1.05 bits per heavy atom. The number of alkyl halides is 1. The second kappa shape index (κ2) is 9.66. The number of likely N-dealkylation sites (tertiary alicyclic amines) is 1. The van der Waals surface area contributed by atoms with Crippen molar-refractivity contribution in [1.29, 1.82) is 0 Å². The van der Waals surface area contributed by atoms with Crippen LogP contribution in [0.5, 0.6) is 0 Å². The standard InChI is InChI=1S/C11H14BrN.C7H16N2/c12-11(6-8-13-9-7-11)10-4-2-1-3-5-10;8-4-7-9-5-2-1-3-6-9/h1-5,13H,6-9H2;1-8H2. The lowest BCUT2D eigenvalue weighted by Crippen LogP contribution is -2.35. The Bertz CT molecular complexity index is 395. The molecule has 4 heteroatoms. The van der Waals surface area contributed by atoms with Crippen LogP contribution in [0.4, 0.5) is 0 Å². The van der Waals surface area contributed by atoms with E-state index in [-0.39, 0.29) is 4.32 Å². The average molecular weight is 368 g/mol. The van der Waals surface area contributed by atoms with Crippen LogP contribution in [-0.2, 0) is 4.32 Å². The van der Waals surface area contributed by atoms with Crippen LogP contribution < -0.4 is 11.1 Å². The normalized spacial score (nSPS) is 21.7. The van der Waals surface area contributed by atoms with Gasteiger partial charge in [-0.1, -0.05) is 52.7 Å². The van der Waals surface area contributed by atoms with Crippen molar-refractivity contribution < 1.29 is 0 Å². The molecule has 0 unspecified atom stereocenters. The van der Waals surface area contributed by atoms with Crippen LogP contribution in [-0.4, -0.2) is 44.2 Å². The Labute approximate surface area is 143 Å². The number of piperidine rings is 2. The summed E-state index contributed by atoms with van der Waals surface area (Å²) in [5, 5.41) is 3.38. The summed E-state index contributed by atoms with van der Waals surface area (Å²) in [6, 6.07) is 10.7. The summed E-state index contributed by atoms with van der Waals surface area (Å²) in [5.74, 6) is 0. The van der Waals surface area contributed by atoms with E-state index in [1.807, 2.05) is 0 Å². The minimum absolute atomic E-state index is 0.222. The Hall–Kier alpha value is -0.420. The van der Waals surface area contributed by atoms with Gasteiger partial charge >= 0.3 is 0 Å². The fourth-order valence-electron chi connectivity index (χ4n) is 3.21. The first-order valence-corrected chi connectivity index (χ1v) is 9.41. The Kier molecular flexibility index (Phi) is 7.87. The molecule has 3 N–H and O–H groups in total. The van der Waals surface area contributed by atoms with Gasteiger partial charge in [0.2, 0.25) is 0 Å². The van der Waals surface area contributed by atoms with Gasteiger partial charge in [-0.15, -0.1) is 0 Å². The van der Waals surface area contributed by atoms with Gasteiger partial charge in [-0.3, -0.25) is 0 Å². The van der Waals surface area contributed by atoms with Crippen LogP contribution in [0.3, 0.4) is 0 Å². The lowest BCUT2D eigenvalue weighted by Gasteiger charge is -2.32. The first-order chi connectivity index (χ1) is 10.7. The van der Waals surface area contributed by atoms with Gasteiger partial charge in [0.05, 0.1) is 4.32 Å². The van der Waals surface area contributed by atoms with Crippen LogP contribution in [0, 0.1) is 0 Å². The van der Waals surface area contributed by atoms with Gasteiger partial charge in [0.15, 0.2) is 0 Å². The van der Waals surface area contributed by atoms with Gasteiger partial charge in [0.25, 0.3) is 0 Å². The first-order valence-electron chi connectivity index (χ1n) is 8.62. The molecule has 0 aliphatic carbocycles. The predicted molar refractivity (Wildman–Crippen MR) is 98.5 cm³/mol. The molecule has 22 heavy (non-hydrogen) atoms. The van der Waals surface area contributed by atoms with Crippen LogP contribution >= 0.6 is 15.9 Å². The number of rotatable bonds is 3. The van der Waals surface area contributed by atoms with Crippen molar-refractivity contribution in [2.24, 2.45) is 5.73 Å². The van der Waals surface area contributed by atoms with Gasteiger partial charge < -0.3 is 16.0 Å². The molecule has 2 aliphatic rings. The second-order valence-electron chi connectivity index (χ2n) is 6.27. The maximum absolute atomic E-state index is 5.42. The van der Waals surface area contributed by atoms with Crippen molar-refractivity contribution >= 4 is 15.9 Å². The lowest BCUT2D eigenvalue weighted by atomic mass is 9.90. The van der Waals surface area contributed by atoms with E-state index in [1.54, 1.807) is 0 Å². The summed E-state index contributed by atoms with van der Waals surface area (Å²) < 4.78 is 0.222. The molecule has 3 nitrogen and oxygen atoms in total. The highest BCUT2D eigenvalue weighted by Crippen LogP contribution is 2.39. The van der Waals surface area contributed by atoms with Crippen LogP contribution in [0.25, 0.3) is 0 Å². The minimum atomic E-state index is 0.222. The molecule has 1 aromatic carbocycles. The molecule has 0 radical (unpaired) electrons. The molecule has 0 spiro atoms. The molecule has 2 heterocycles. The summed E-state index contributed by atoms with van der Waals surface area (Å²) in [6.45, 7) is 6.69. The van der Waals surface area contributed by atoms with Crippen LogP contribution in [0.1, 0.15) is 37.7 Å². The van der Waals surface area contributed by atoms with Crippen molar-refractivity contribution in [1.82, 2.24) is 10.2 Å². The van der Waals surface area contributed by atoms with Crippen LogP contribution in [0.2, 0.25) is 0 Å². The molecule has 0 saturated carbocycles. The molecule has 2 saturated heterocycles. The molecule has 0 amide bonds. The van der Waals surface area contributed by atoms with E-state index < -0.39 is 0 Å². The van der Waals surface area contributed by atoms with Crippen molar-refractivity contribution in [3.8, 4) is 0 Å². The zero-order chi connectivity index (χ0) is 15.7. The Balaban J connectivity index is 0.000000172. The summed E-state index contributed by atoms with van der Waals surface area (Å²) in [5.41, 5.74) is 6.83. The largest absolute Gasteiger partial charge is 0.329 e. The Morgan fingerprint density at radius 2 is 1.68 bits per heavy atom. The zero-order valence-electron chi connectivity index (χ0n) is 13.6. The quantitative estimate of drug-likeness (QED) is 0.806. The van der Waals surface area contributed by atoms with Crippen LogP contribution in [0.15, 0.2) is 30.3 Å². The summed E-state index contributed by atoms with van der Waals surface area (Å²) >= 11 is 3.86. The van der Waals surface area contributed by atoms with Gasteiger partial charge in [0, 0.05) is 13.1 Å². The molecule has 0 atom stereocenters. The monoisotopic (exact) mass is 367 g/mol. The van der Waals surface area contributed by atoms with E-state index in [0.29, 0.717) is 0 Å². The van der Waals surface area contributed by atoms with Gasteiger partial charge in [-0.25, -0.2) is 0 Å². The lowest BCUT2D eigenvalue weighted by molar-refractivity contribution is 0.235. The fraction of sp³-hybridized carbons (Fsp3) is 0.667. The molecule has 3 rings (SSSR count). The highest BCUT2D eigenvalue weighted by Gasteiger charge is 2.30. The van der Waals surface area contributed by atoms with E-state index in [0.717, 1.165) is 26.2 Å². The van der Waals surface area contributed by atoms with E-state index in [4.69, 9.17) is 5.73 Å². The number of nitrogens with two attached hydrogens (primary N) is 1. The third-order valence-electron chi connectivity index (χ3n) is 4.58. The summed E-state index contributed by atoms with van der Waals surface area (Å²) in [7, 11) is 0. The zero-order valence-corrected chi connectivity index (χ0v) is 15.2. The number of nitrogens with zero attached hydrogens (tertiary/aromatic N) is 1. The molecule has 1 aromatic rings. The van der Waals surface area contributed by atoms with E-state index in [2.05, 4.69) is 56.5 Å². The highest BCUT2D eigenvalue weighted by molar-refractivity contribution is 9.09. The fourth-order valence-corrected chi connectivity index (χ4v) is 3.87. The van der Waals surface area contributed by atoms with Crippen molar-refractivity contribution in [3.05, 3.63) is 35.9 Å². The number of benzene rings is 1. The third-order valence-corrected chi connectivity index (χ3v) is 5.83. The topological polar surface area (TPSA) is 41.3 Å². The number of hydrogen-bond donors (Lipinski definition) is 2. The van der Waals surface area contributed by atoms with E-state index >= 15 is 0 Å². The number of halogens is 1. The third kappa shape index (κ3) is 5.65. The molecular weight excluding hydrogens is 338 g/mol. The van der Waals surface area contributed by atoms with Crippen molar-refractivity contribution in [3.63, 3.8) is 0 Å². The second-order valence-corrected chi connectivity index (χ2v) is 7.79. The minimum Gasteiger partial charge on any atom is -0.329 e. The smallest absolute Gasteiger partial charge is 0.0530 e. The van der Waals surface area contributed by atoms with Gasteiger partial charge in [-0.05, 0) is 57.4 Å². The molecule has 0 bridgehead atoms. The molecule has 2 aliphatic heterocycles. The Morgan fingerprint density at radius 3 is 2.27 bits per heavy atom. The number of nitrogens with one attached hydrogen (secondary N) is 1. The van der Waals surface area contributed by atoms with E-state index in [9.17, 15) is 0 Å².